The molecule has 0 spiro atoms. The molecule has 0 aromatic heterocycles. The van der Waals surface area contributed by atoms with Gasteiger partial charge in [-0.25, -0.2) is 4.79 Å². The van der Waals surface area contributed by atoms with Crippen molar-refractivity contribution < 1.29 is 14.4 Å². The van der Waals surface area contributed by atoms with Crippen molar-refractivity contribution in [2.24, 2.45) is 0 Å². The van der Waals surface area contributed by atoms with E-state index in [2.05, 4.69) is 31.2 Å². The van der Waals surface area contributed by atoms with Gasteiger partial charge in [-0.05, 0) is 24.0 Å². The van der Waals surface area contributed by atoms with Gasteiger partial charge in [-0.15, -0.1) is 5.06 Å². The molecule has 0 saturated carbocycles. The lowest BCUT2D eigenvalue weighted by molar-refractivity contribution is -0.160. The summed E-state index contributed by atoms with van der Waals surface area (Å²) in [7, 11) is 1.40. The van der Waals surface area contributed by atoms with Gasteiger partial charge in [-0.1, -0.05) is 80.4 Å². The third-order valence-electron chi connectivity index (χ3n) is 4.84. The van der Waals surface area contributed by atoms with Gasteiger partial charge in [0.15, 0.2) is 0 Å². The van der Waals surface area contributed by atoms with Crippen molar-refractivity contribution in [1.29, 1.82) is 0 Å². The molecule has 0 bridgehead atoms. The molecule has 0 fully saturated rings. The fraction of sp³-hybridized carbons (Fsp3) is 0.348. The molecule has 0 N–H and O–H groups in total. The number of hydrogen-bond acceptors (Lipinski definition) is 4. The monoisotopic (exact) mass is 365 g/mol. The van der Waals surface area contributed by atoms with Crippen LogP contribution in [0, 0.1) is 0 Å². The van der Waals surface area contributed by atoms with Crippen LogP contribution in [0.1, 0.15) is 49.8 Å². The van der Waals surface area contributed by atoms with Gasteiger partial charge in [0.05, 0.1) is 19.7 Å². The highest BCUT2D eigenvalue weighted by atomic mass is 16.7. The van der Waals surface area contributed by atoms with E-state index < -0.39 is 5.97 Å². The number of methoxy groups -OCH3 is 1. The number of benzene rings is 2. The molecule has 0 saturated heterocycles. The highest BCUT2D eigenvalue weighted by Gasteiger charge is 2.39. The number of esters is 1. The molecule has 0 aliphatic carbocycles. The predicted molar refractivity (Wildman–Crippen MR) is 105 cm³/mol. The van der Waals surface area contributed by atoms with Gasteiger partial charge in [0.25, 0.3) is 0 Å². The van der Waals surface area contributed by atoms with E-state index >= 15 is 0 Å². The summed E-state index contributed by atoms with van der Waals surface area (Å²) in [6.07, 6.45) is 4.10. The van der Waals surface area contributed by atoms with E-state index in [1.807, 2.05) is 41.5 Å². The van der Waals surface area contributed by atoms with Crippen molar-refractivity contribution in [2.75, 3.05) is 7.11 Å². The van der Waals surface area contributed by atoms with Gasteiger partial charge >= 0.3 is 5.97 Å². The van der Waals surface area contributed by atoms with E-state index in [1.165, 1.54) is 7.11 Å². The molecular formula is C23H27NO3. The smallest absolute Gasteiger partial charge is 0.376 e. The Morgan fingerprint density at radius 3 is 2.33 bits per heavy atom. The van der Waals surface area contributed by atoms with Crippen molar-refractivity contribution >= 4 is 5.97 Å². The van der Waals surface area contributed by atoms with E-state index in [0.29, 0.717) is 12.3 Å². The van der Waals surface area contributed by atoms with Crippen molar-refractivity contribution in [1.82, 2.24) is 5.06 Å². The van der Waals surface area contributed by atoms with Gasteiger partial charge in [-0.3, -0.25) is 0 Å². The third kappa shape index (κ3) is 4.58. The minimum absolute atomic E-state index is 0.0858. The lowest BCUT2D eigenvalue weighted by Gasteiger charge is -2.25. The largest absolute Gasteiger partial charge is 0.463 e. The lowest BCUT2D eigenvalue weighted by Crippen LogP contribution is -2.24. The maximum Gasteiger partial charge on any atom is 0.376 e. The van der Waals surface area contributed by atoms with Crippen LogP contribution in [-0.2, 0) is 20.9 Å². The van der Waals surface area contributed by atoms with Crippen LogP contribution in [-0.4, -0.2) is 18.1 Å². The van der Waals surface area contributed by atoms with E-state index in [0.717, 1.165) is 42.4 Å². The molecule has 0 radical (unpaired) electrons. The molecule has 3 rings (SSSR count). The second-order valence-corrected chi connectivity index (χ2v) is 6.77. The highest BCUT2D eigenvalue weighted by molar-refractivity contribution is 5.87. The minimum atomic E-state index is -0.405. The Balaban J connectivity index is 1.95. The lowest BCUT2D eigenvalue weighted by atomic mass is 9.93. The van der Waals surface area contributed by atoms with Gasteiger partial charge < -0.3 is 9.57 Å². The van der Waals surface area contributed by atoms with Crippen molar-refractivity contribution in [3.63, 3.8) is 0 Å². The molecular weight excluding hydrogens is 338 g/mol. The second-order valence-electron chi connectivity index (χ2n) is 6.77. The first kappa shape index (κ1) is 19.2. The molecule has 4 heteroatoms. The maximum atomic E-state index is 12.4. The molecule has 1 aliphatic heterocycles. The third-order valence-corrected chi connectivity index (χ3v) is 4.84. The van der Waals surface area contributed by atoms with Crippen molar-refractivity contribution in [3.05, 3.63) is 83.1 Å². The summed E-state index contributed by atoms with van der Waals surface area (Å²) in [6.45, 7) is 2.77. The second kappa shape index (κ2) is 9.38. The summed E-state index contributed by atoms with van der Waals surface area (Å²) in [5, 5.41) is 1.90. The number of carbonyl (C=O) groups is 1. The Kier molecular flexibility index (Phi) is 6.66. The fourth-order valence-electron chi connectivity index (χ4n) is 3.49. The van der Waals surface area contributed by atoms with Crippen LogP contribution in [0.4, 0.5) is 0 Å². The number of unbranched alkanes of at least 4 members (excludes halogenated alkanes) is 2. The summed E-state index contributed by atoms with van der Waals surface area (Å²) in [5.74, 6) is -0.0589. The first-order chi connectivity index (χ1) is 13.2. The average Bonchev–Trinajstić information content (AvgIpc) is 3.07. The quantitative estimate of drug-likeness (QED) is 0.477. The zero-order chi connectivity index (χ0) is 19.1. The first-order valence-corrected chi connectivity index (χ1v) is 9.59. The van der Waals surface area contributed by atoms with Crippen LogP contribution < -0.4 is 0 Å². The Bertz CT molecular complexity index is 771. The predicted octanol–water partition coefficient (Wildman–Crippen LogP) is 5.18. The molecule has 27 heavy (non-hydrogen) atoms. The topological polar surface area (TPSA) is 38.8 Å². The average molecular weight is 365 g/mol. The standard InChI is InChI=1S/C23H27NO3/c1-3-4-7-16-20-21(19-14-10-6-11-15-19)24(27-22(20)23(25)26-2)17-18-12-8-5-9-13-18/h5-6,8-15,21H,3-4,7,16-17H2,1-2H3. The summed E-state index contributed by atoms with van der Waals surface area (Å²) >= 11 is 0. The Morgan fingerprint density at radius 2 is 1.70 bits per heavy atom. The Morgan fingerprint density at radius 1 is 1.04 bits per heavy atom. The number of hydrogen-bond donors (Lipinski definition) is 0. The summed E-state index contributed by atoms with van der Waals surface area (Å²) < 4.78 is 5.00. The van der Waals surface area contributed by atoms with Crippen molar-refractivity contribution in [2.45, 2.75) is 45.2 Å². The van der Waals surface area contributed by atoms with Gasteiger partial charge in [0.2, 0.25) is 5.76 Å². The molecule has 1 atom stereocenters. The molecule has 142 valence electrons. The molecule has 1 unspecified atom stereocenters. The zero-order valence-corrected chi connectivity index (χ0v) is 16.1. The number of carbonyl (C=O) groups excluding carboxylic acids is 1. The van der Waals surface area contributed by atoms with E-state index in [9.17, 15) is 4.79 Å². The summed E-state index contributed by atoms with van der Waals surface area (Å²) in [4.78, 5) is 18.5. The van der Waals surface area contributed by atoms with E-state index in [1.54, 1.807) is 0 Å². The molecule has 4 nitrogen and oxygen atoms in total. The van der Waals surface area contributed by atoms with Crippen molar-refractivity contribution in [3.8, 4) is 0 Å². The minimum Gasteiger partial charge on any atom is -0.463 e. The number of nitrogens with zero attached hydrogens (tertiary/aromatic N) is 1. The molecule has 1 heterocycles. The van der Waals surface area contributed by atoms with E-state index in [4.69, 9.17) is 9.57 Å². The Hall–Kier alpha value is -2.59. The van der Waals surface area contributed by atoms with Crippen LogP contribution >= 0.6 is 0 Å². The van der Waals surface area contributed by atoms with Gasteiger partial charge in [0, 0.05) is 5.57 Å². The van der Waals surface area contributed by atoms with Crippen LogP contribution in [0.15, 0.2) is 72.0 Å². The van der Waals surface area contributed by atoms with Crippen LogP contribution in [0.25, 0.3) is 0 Å². The van der Waals surface area contributed by atoms with Crippen LogP contribution in [0.3, 0.4) is 0 Å². The fourth-order valence-corrected chi connectivity index (χ4v) is 3.49. The number of hydroxylamine groups is 2. The molecule has 1 aliphatic rings. The first-order valence-electron chi connectivity index (χ1n) is 9.59. The number of ether oxygens (including phenoxy) is 1. The van der Waals surface area contributed by atoms with Crippen LogP contribution in [0.2, 0.25) is 0 Å². The summed E-state index contributed by atoms with van der Waals surface area (Å²) in [6, 6.07) is 20.3. The Labute approximate surface area is 161 Å². The molecule has 0 amide bonds. The SMILES string of the molecule is CCCCCC1=C(C(=O)OC)ON(Cc2ccccc2)C1c1ccccc1. The molecule has 2 aromatic rings. The molecule has 2 aromatic carbocycles. The van der Waals surface area contributed by atoms with Gasteiger partial charge in [0.1, 0.15) is 0 Å². The van der Waals surface area contributed by atoms with E-state index in [-0.39, 0.29) is 6.04 Å². The number of rotatable bonds is 8. The maximum absolute atomic E-state index is 12.4. The highest BCUT2D eigenvalue weighted by Crippen LogP contribution is 2.41. The normalized spacial score (nSPS) is 17.0. The zero-order valence-electron chi connectivity index (χ0n) is 16.1. The summed E-state index contributed by atoms with van der Waals surface area (Å²) in [5.41, 5.74) is 3.27. The van der Waals surface area contributed by atoms with Gasteiger partial charge in [-0.2, -0.15) is 0 Å². The van der Waals surface area contributed by atoms with Crippen LogP contribution in [0.5, 0.6) is 0 Å².